The number of aromatic nitrogens is 2. The molecule has 0 aliphatic carbocycles. The van der Waals surface area contributed by atoms with Gasteiger partial charge in [0.2, 0.25) is 0 Å². The summed E-state index contributed by atoms with van der Waals surface area (Å²) in [6, 6.07) is 3.30. The van der Waals surface area contributed by atoms with Gasteiger partial charge in [0.25, 0.3) is 0 Å². The lowest BCUT2D eigenvalue weighted by atomic mass is 10.1. The maximum Gasteiger partial charge on any atom is 0.198 e. The van der Waals surface area contributed by atoms with Crippen LogP contribution in [0.4, 0.5) is 4.39 Å². The van der Waals surface area contributed by atoms with Crippen molar-refractivity contribution in [3.05, 3.63) is 22.6 Å². The van der Waals surface area contributed by atoms with E-state index in [9.17, 15) is 4.39 Å². The molecule has 5 rings (SSSR count). The maximum atomic E-state index is 14.3. The topological polar surface area (TPSA) is 64.0 Å². The van der Waals surface area contributed by atoms with Crippen molar-refractivity contribution in [3.8, 4) is 5.88 Å². The molecule has 3 aliphatic rings. The van der Waals surface area contributed by atoms with Crippen LogP contribution in [-0.4, -0.2) is 53.5 Å². The maximum absolute atomic E-state index is 14.3. The van der Waals surface area contributed by atoms with Crippen LogP contribution in [-0.2, 0) is 18.9 Å². The van der Waals surface area contributed by atoms with E-state index in [-0.39, 0.29) is 29.1 Å². The van der Waals surface area contributed by atoms with E-state index in [0.29, 0.717) is 36.7 Å². The van der Waals surface area contributed by atoms with Crippen LogP contribution in [0.2, 0.25) is 0 Å². The number of halogens is 2. The van der Waals surface area contributed by atoms with E-state index in [1.165, 1.54) is 6.07 Å². The molecule has 9 heteroatoms. The van der Waals surface area contributed by atoms with Crippen LogP contribution >= 0.6 is 15.9 Å². The van der Waals surface area contributed by atoms with Gasteiger partial charge in [0.15, 0.2) is 23.6 Å². The first-order valence-electron chi connectivity index (χ1n) is 10.00. The summed E-state index contributed by atoms with van der Waals surface area (Å²) in [5.41, 5.74) is 1.29. The van der Waals surface area contributed by atoms with Crippen molar-refractivity contribution >= 4 is 27.0 Å². The second-order valence-electron chi connectivity index (χ2n) is 8.16. The molecule has 0 amide bonds. The minimum Gasteiger partial charge on any atom is -0.470 e. The summed E-state index contributed by atoms with van der Waals surface area (Å²) in [6.45, 7) is 5.30. The van der Waals surface area contributed by atoms with Crippen molar-refractivity contribution < 1.29 is 28.1 Å². The molecule has 0 aromatic carbocycles. The SMILES string of the molecule is CC1(C)OC[C@H]2OC[C@@H](Oc3cc4nc(Br)c(F)cc4n3C3CCCCO3)[C@H]2O1. The first-order chi connectivity index (χ1) is 13.9. The minimum atomic E-state index is -0.689. The van der Waals surface area contributed by atoms with Crippen LogP contribution in [0, 0.1) is 5.82 Å². The quantitative estimate of drug-likeness (QED) is 0.633. The van der Waals surface area contributed by atoms with Crippen molar-refractivity contribution in [3.63, 3.8) is 0 Å². The molecule has 158 valence electrons. The molecule has 2 aromatic rings. The largest absolute Gasteiger partial charge is 0.470 e. The Kier molecular flexibility index (Phi) is 5.06. The summed E-state index contributed by atoms with van der Waals surface area (Å²) >= 11 is 3.17. The fraction of sp³-hybridized carbons (Fsp3) is 0.650. The van der Waals surface area contributed by atoms with E-state index < -0.39 is 11.6 Å². The highest BCUT2D eigenvalue weighted by Crippen LogP contribution is 2.38. The Labute approximate surface area is 176 Å². The van der Waals surface area contributed by atoms with Crippen LogP contribution in [0.3, 0.4) is 0 Å². The summed E-state index contributed by atoms with van der Waals surface area (Å²) in [7, 11) is 0. The molecule has 3 fully saturated rings. The summed E-state index contributed by atoms with van der Waals surface area (Å²) in [6.07, 6.45) is 1.97. The van der Waals surface area contributed by atoms with Crippen LogP contribution in [0.5, 0.6) is 5.88 Å². The highest BCUT2D eigenvalue weighted by atomic mass is 79.9. The summed E-state index contributed by atoms with van der Waals surface area (Å²) in [5, 5.41) is 0. The lowest BCUT2D eigenvalue weighted by Crippen LogP contribution is -2.51. The van der Waals surface area contributed by atoms with Crippen LogP contribution < -0.4 is 4.74 Å². The predicted molar refractivity (Wildman–Crippen MR) is 105 cm³/mol. The van der Waals surface area contributed by atoms with Crippen molar-refractivity contribution in [2.75, 3.05) is 19.8 Å². The Bertz CT molecular complexity index is 914. The molecule has 5 heterocycles. The normalized spacial score (nSPS) is 31.7. The lowest BCUT2D eigenvalue weighted by Gasteiger charge is -2.38. The van der Waals surface area contributed by atoms with Gasteiger partial charge in [-0.3, -0.25) is 4.57 Å². The van der Waals surface area contributed by atoms with E-state index in [4.69, 9.17) is 23.7 Å². The Balaban J connectivity index is 1.50. The molecule has 0 radical (unpaired) electrons. The Morgan fingerprint density at radius 2 is 2.10 bits per heavy atom. The van der Waals surface area contributed by atoms with Gasteiger partial charge in [-0.2, -0.15) is 0 Å². The molecule has 0 saturated carbocycles. The fourth-order valence-electron chi connectivity index (χ4n) is 4.23. The second kappa shape index (κ2) is 7.46. The number of pyridine rings is 1. The van der Waals surface area contributed by atoms with E-state index in [1.54, 1.807) is 0 Å². The average molecular weight is 471 g/mol. The molecule has 7 nitrogen and oxygen atoms in total. The molecule has 1 unspecified atom stereocenters. The molecule has 29 heavy (non-hydrogen) atoms. The second-order valence-corrected chi connectivity index (χ2v) is 8.91. The summed E-state index contributed by atoms with van der Waals surface area (Å²) in [4.78, 5) is 4.33. The zero-order valence-corrected chi connectivity index (χ0v) is 18.0. The molecule has 4 atom stereocenters. The number of rotatable bonds is 3. The van der Waals surface area contributed by atoms with Crippen LogP contribution in [0.25, 0.3) is 11.0 Å². The smallest absolute Gasteiger partial charge is 0.198 e. The molecule has 0 spiro atoms. The van der Waals surface area contributed by atoms with Gasteiger partial charge in [-0.1, -0.05) is 0 Å². The third-order valence-electron chi connectivity index (χ3n) is 5.64. The number of fused-ring (bicyclic) bond motifs is 2. The van der Waals surface area contributed by atoms with Gasteiger partial charge in [0, 0.05) is 18.7 Å². The van der Waals surface area contributed by atoms with Crippen molar-refractivity contribution in [1.29, 1.82) is 0 Å². The lowest BCUT2D eigenvalue weighted by molar-refractivity contribution is -0.299. The fourth-order valence-corrected chi connectivity index (χ4v) is 4.54. The number of hydrogen-bond acceptors (Lipinski definition) is 6. The number of ether oxygens (including phenoxy) is 5. The first-order valence-corrected chi connectivity index (χ1v) is 10.8. The van der Waals surface area contributed by atoms with Crippen molar-refractivity contribution in [2.45, 2.75) is 63.4 Å². The monoisotopic (exact) mass is 470 g/mol. The van der Waals surface area contributed by atoms with Gasteiger partial charge in [0.05, 0.1) is 24.2 Å². The molecule has 0 bridgehead atoms. The first kappa shape index (κ1) is 19.7. The summed E-state index contributed by atoms with van der Waals surface area (Å²) < 4.78 is 46.3. The van der Waals surface area contributed by atoms with E-state index in [2.05, 4.69) is 20.9 Å². The van der Waals surface area contributed by atoms with E-state index in [0.717, 1.165) is 19.3 Å². The van der Waals surface area contributed by atoms with E-state index in [1.807, 2.05) is 24.5 Å². The van der Waals surface area contributed by atoms with Gasteiger partial charge in [-0.05, 0) is 49.0 Å². The van der Waals surface area contributed by atoms with E-state index >= 15 is 0 Å². The average Bonchev–Trinajstić information content (AvgIpc) is 3.23. The third-order valence-corrected chi connectivity index (χ3v) is 6.19. The van der Waals surface area contributed by atoms with Gasteiger partial charge in [-0.25, -0.2) is 9.37 Å². The zero-order chi connectivity index (χ0) is 20.2. The standard InChI is InChI=1S/C20H24BrFN2O5/c1-20(2)27-10-14-18(29-20)15(9-26-14)28-17-8-12-13(7-11(22)19(21)23-12)24(17)16-5-3-4-6-25-16/h7-8,14-16,18H,3-6,9-10H2,1-2H3/t14-,15-,16?,18+/m1/s1. The van der Waals surface area contributed by atoms with Gasteiger partial charge in [0.1, 0.15) is 23.0 Å². The highest BCUT2D eigenvalue weighted by Gasteiger charge is 2.47. The molecular formula is C20H24BrFN2O5. The molecular weight excluding hydrogens is 447 g/mol. The number of nitrogens with zero attached hydrogens (tertiary/aromatic N) is 2. The zero-order valence-electron chi connectivity index (χ0n) is 16.4. The van der Waals surface area contributed by atoms with Crippen LogP contribution in [0.1, 0.15) is 39.3 Å². The molecule has 2 aromatic heterocycles. The van der Waals surface area contributed by atoms with Crippen molar-refractivity contribution in [1.82, 2.24) is 9.55 Å². The van der Waals surface area contributed by atoms with Crippen molar-refractivity contribution in [2.24, 2.45) is 0 Å². The third kappa shape index (κ3) is 3.67. The molecule has 3 aliphatic heterocycles. The minimum absolute atomic E-state index is 0.165. The molecule has 0 N–H and O–H groups in total. The Hall–Kier alpha value is -1.26. The Morgan fingerprint density at radius 1 is 1.24 bits per heavy atom. The number of hydrogen-bond donors (Lipinski definition) is 0. The van der Waals surface area contributed by atoms with Gasteiger partial charge < -0.3 is 23.7 Å². The molecule has 3 saturated heterocycles. The Morgan fingerprint density at radius 3 is 2.90 bits per heavy atom. The summed E-state index contributed by atoms with van der Waals surface area (Å²) in [5.74, 6) is -0.525. The predicted octanol–water partition coefficient (Wildman–Crippen LogP) is 3.93. The van der Waals surface area contributed by atoms with Crippen LogP contribution in [0.15, 0.2) is 16.7 Å². The highest BCUT2D eigenvalue weighted by molar-refractivity contribution is 9.10. The van der Waals surface area contributed by atoms with Gasteiger partial charge in [-0.15, -0.1) is 0 Å². The van der Waals surface area contributed by atoms with Gasteiger partial charge >= 0.3 is 0 Å².